The number of carbonyl (C=O) groups is 5. The van der Waals surface area contributed by atoms with Gasteiger partial charge in [-0.2, -0.15) is 0 Å². The minimum atomic E-state index is -0.539. The van der Waals surface area contributed by atoms with Gasteiger partial charge in [-0.3, -0.25) is 0 Å². The summed E-state index contributed by atoms with van der Waals surface area (Å²) >= 11 is 47.8. The van der Waals surface area contributed by atoms with Crippen molar-refractivity contribution in [3.8, 4) is 34.5 Å². The van der Waals surface area contributed by atoms with Gasteiger partial charge in [0.25, 0.3) is 0 Å². The molecule has 0 aliphatic carbocycles. The number of anilines is 2. The molecule has 6 aromatic rings. The summed E-state index contributed by atoms with van der Waals surface area (Å²) in [5.74, 6) is 3.68. The van der Waals surface area contributed by atoms with Crippen LogP contribution in [0.3, 0.4) is 0 Å². The highest BCUT2D eigenvalue weighted by Gasteiger charge is 2.50. The summed E-state index contributed by atoms with van der Waals surface area (Å²) in [6.07, 6.45) is 3.45. The lowest BCUT2D eigenvalue weighted by molar-refractivity contribution is 0.00578. The minimum absolute atomic E-state index is 0. The maximum Gasteiger partial charge on any atom is 0.487 e. The smallest absolute Gasteiger partial charge is 0.487 e. The van der Waals surface area contributed by atoms with Gasteiger partial charge in [0.05, 0.1) is 119 Å². The molecule has 3 aliphatic heterocycles. The molecule has 32 heteroatoms. The number of hydrogen-bond donors (Lipinski definition) is 2. The molecule has 0 saturated carbocycles. The van der Waals surface area contributed by atoms with Gasteiger partial charge < -0.3 is 72.9 Å². The molecule has 0 aromatic heterocycles. The van der Waals surface area contributed by atoms with E-state index in [9.17, 15) is 24.0 Å². The summed E-state index contributed by atoms with van der Waals surface area (Å²) in [5, 5.41) is 2.41. The third-order valence-corrected chi connectivity index (χ3v) is 17.1. The Labute approximate surface area is 687 Å². The molecule has 1 fully saturated rings. The van der Waals surface area contributed by atoms with E-state index in [-0.39, 0.29) is 57.4 Å². The molecule has 106 heavy (non-hydrogen) atoms. The number of fused-ring (bicyclic) bond motifs is 2. The molecule has 3 heterocycles. The third-order valence-electron chi connectivity index (χ3n) is 14.9. The zero-order chi connectivity index (χ0) is 80.4. The van der Waals surface area contributed by atoms with Gasteiger partial charge in [-0.15, -0.1) is 58.9 Å². The Kier molecular flexibility index (Phi) is 42.1. The van der Waals surface area contributed by atoms with E-state index < -0.39 is 23.9 Å². The number of methoxy groups -OCH3 is 9. The first-order chi connectivity index (χ1) is 48.8. The second-order valence-electron chi connectivity index (χ2n) is 25.0. The van der Waals surface area contributed by atoms with Crippen molar-refractivity contribution in [1.29, 1.82) is 0 Å². The quantitative estimate of drug-likeness (QED) is 0.0379. The maximum absolute atomic E-state index is 11.7. The topological polar surface area (TPSA) is 257 Å². The van der Waals surface area contributed by atoms with Crippen LogP contribution in [0.2, 0.25) is 25.1 Å². The number of hydrogen-bond acceptors (Lipinski definition) is 20. The van der Waals surface area contributed by atoms with Crippen molar-refractivity contribution in [2.75, 3.05) is 75.5 Å². The van der Waals surface area contributed by atoms with Crippen LogP contribution in [0.15, 0.2) is 100 Å². The van der Waals surface area contributed by atoms with E-state index in [0.29, 0.717) is 104 Å². The molecule has 20 nitrogen and oxygen atoms in total. The number of rotatable bonds is 12. The first-order valence-electron chi connectivity index (χ1n) is 31.3. The van der Waals surface area contributed by atoms with Crippen LogP contribution < -0.4 is 39.9 Å². The second-order valence-corrected chi connectivity index (χ2v) is 34.7. The molecule has 3 aliphatic rings. The van der Waals surface area contributed by atoms with Gasteiger partial charge >= 0.3 is 40.1 Å². The number of halogens is 10. The fourth-order valence-electron chi connectivity index (χ4n) is 9.50. The van der Waals surface area contributed by atoms with Crippen molar-refractivity contribution in [2.45, 2.75) is 132 Å². The van der Waals surface area contributed by atoms with Crippen LogP contribution in [-0.4, -0.2) is 127 Å². The fourth-order valence-corrected chi connectivity index (χ4v) is 11.4. The molecule has 0 bridgehead atoms. The number of esters is 5. The third kappa shape index (κ3) is 30.3. The average molecular weight is 1850 g/mol. The summed E-state index contributed by atoms with van der Waals surface area (Å²) in [5.41, 5.74) is 18.8. The molecule has 582 valence electrons. The predicted octanol–water partition coefficient (Wildman–Crippen LogP) is 21.2. The molecule has 0 amide bonds. The van der Waals surface area contributed by atoms with Crippen LogP contribution in [0.25, 0.3) is 6.08 Å². The van der Waals surface area contributed by atoms with E-state index in [4.69, 9.17) is 128 Å². The van der Waals surface area contributed by atoms with Gasteiger partial charge in [-0.25, -0.2) is 24.0 Å². The molecular formula is C74H92B2Br4Cl6N2O18. The predicted molar refractivity (Wildman–Crippen MR) is 444 cm³/mol. The van der Waals surface area contributed by atoms with Crippen molar-refractivity contribution in [2.24, 2.45) is 0 Å². The molecule has 0 unspecified atom stereocenters. The normalized spacial score (nSPS) is 13.4. The Balaban J connectivity index is 0.000000613. The molecule has 9 rings (SSSR count). The van der Waals surface area contributed by atoms with Gasteiger partial charge in [0.15, 0.2) is 0 Å². The number of allylic oxidation sites excluding steroid dienone is 2. The maximum atomic E-state index is 11.7. The Morgan fingerprint density at radius 1 is 0.491 bits per heavy atom. The highest BCUT2D eigenvalue weighted by atomic mass is 79.9. The summed E-state index contributed by atoms with van der Waals surface area (Å²) in [6.45, 7) is 24.3. The molecule has 4 N–H and O–H groups in total. The zero-order valence-corrected chi connectivity index (χ0v) is 73.1. The van der Waals surface area contributed by atoms with Gasteiger partial charge in [-0.05, 0) is 171 Å². The average Bonchev–Trinajstić information content (AvgIpc) is 1.65. The largest absolute Gasteiger partial charge is 0.496 e. The molecule has 0 spiro atoms. The number of benzene rings is 6. The van der Waals surface area contributed by atoms with E-state index in [2.05, 4.69) is 119 Å². The fraction of sp³-hybridized carbons (Fsp3) is 0.392. The summed E-state index contributed by atoms with van der Waals surface area (Å²) in [6, 6.07) is 21.4. The Bertz CT molecular complexity index is 3970. The van der Waals surface area contributed by atoms with Gasteiger partial charge in [0.2, 0.25) is 0 Å². The van der Waals surface area contributed by atoms with Crippen molar-refractivity contribution in [3.05, 3.63) is 176 Å². The van der Waals surface area contributed by atoms with Crippen LogP contribution in [0.4, 0.5) is 11.4 Å². The molecular weight excluding hydrogens is 1760 g/mol. The van der Waals surface area contributed by atoms with Crippen molar-refractivity contribution in [1.82, 2.24) is 0 Å². The SMILES string of the molecule is BrB(Br)Br.C.CC(C)=CB1OC(C)(C)C(C)(C)O1.CC1(C)Cc2c(CCl)cc(Cl)cc2O1.COC(=O)c1cc(Cl)cc(OC)c1Br.COC(=O)c1cc(Cl)cc(OC)c1C=C(C)C.COC(=O)c1cc(Cl)cc(OC)c1N.COC(=O)c1cc(Cl)cc2c1CC(C)(C)O2.COC(=O)c1cccc(OC)c1N. The second kappa shape index (κ2) is 45.4. The summed E-state index contributed by atoms with van der Waals surface area (Å²) in [7, 11) is 12.4. The summed E-state index contributed by atoms with van der Waals surface area (Å²) < 4.78 is 67.1. The van der Waals surface area contributed by atoms with E-state index in [1.54, 1.807) is 48.5 Å². The highest BCUT2D eigenvalue weighted by Crippen LogP contribution is 2.42. The van der Waals surface area contributed by atoms with E-state index in [1.807, 2.05) is 65.7 Å². The first-order valence-corrected chi connectivity index (χ1v) is 37.3. The minimum Gasteiger partial charge on any atom is -0.496 e. The number of ether oxygens (including phenoxy) is 11. The Morgan fingerprint density at radius 2 is 0.849 bits per heavy atom. The number of nitrogens with two attached hydrogens (primary N) is 2. The number of carbonyl (C=O) groups excluding carboxylic acids is 5. The lowest BCUT2D eigenvalue weighted by Crippen LogP contribution is -2.41. The highest BCUT2D eigenvalue weighted by molar-refractivity contribution is 9.69. The lowest BCUT2D eigenvalue weighted by Gasteiger charge is -2.32. The number of nitrogen functional groups attached to an aromatic ring is 2. The monoisotopic (exact) mass is 1840 g/mol. The van der Waals surface area contributed by atoms with Crippen molar-refractivity contribution in [3.63, 3.8) is 0 Å². The molecule has 0 atom stereocenters. The molecule has 0 radical (unpaired) electrons. The van der Waals surface area contributed by atoms with Crippen LogP contribution in [0.1, 0.15) is 165 Å². The molecule has 1 saturated heterocycles. The van der Waals surface area contributed by atoms with E-state index >= 15 is 0 Å². The van der Waals surface area contributed by atoms with Crippen LogP contribution >= 0.6 is 133 Å². The van der Waals surface area contributed by atoms with Crippen LogP contribution in [0.5, 0.6) is 34.5 Å². The first kappa shape index (κ1) is 98.3. The van der Waals surface area contributed by atoms with Crippen LogP contribution in [0, 0.1) is 0 Å². The van der Waals surface area contributed by atoms with Gasteiger partial charge in [-0.1, -0.05) is 94.7 Å². The molecule has 6 aromatic carbocycles. The number of alkyl halides is 1. The van der Waals surface area contributed by atoms with E-state index in [0.717, 1.165) is 28.9 Å². The van der Waals surface area contributed by atoms with Gasteiger partial charge in [0.1, 0.15) is 45.7 Å². The Hall–Kier alpha value is -5.74. The standard InChI is InChI=1S/C13H15ClO3.C12H13ClO3.C11H12Cl2O.C10H19BO2.C9H8BrClO3.C9H10ClNO3.C9H11NO3.CH4.BBr3/c1-8(2)5-10-11(13(15)17-4)6-9(14)7-12(10)16-3;1-12(2)6-9-8(11(14)15-3)4-7(13)5-10(9)16-12;1-11(2)5-9-7(6-12)3-8(13)4-10(9)14-11;1-8(2)7-11-12-9(3,4)10(5,6)13-11;1-13-7-4-5(11)3-6(8(7)10)9(12)14-2;1-13-7-4-5(10)3-6(8(7)11)9(12)14-2;1-12-7-5-3-4-6(8(7)10)9(11)13-2;;2-1(3)4/h5-7H,1-4H3;4-5H,6H2,1-3H3;3-4H,5-6H2,1-2H3;7H,1-6H3;3-4H,1-2H3;3-4H,11H2,1-2H3;3-5H,10H2,1-2H3;1H4;. The van der Waals surface area contributed by atoms with Crippen LogP contribution in [-0.2, 0) is 51.7 Å². The van der Waals surface area contributed by atoms with E-state index in [1.165, 1.54) is 93.3 Å². The lowest BCUT2D eigenvalue weighted by atomic mass is 9.88. The van der Waals surface area contributed by atoms with Crippen molar-refractivity contribution >= 4 is 190 Å². The van der Waals surface area contributed by atoms with Gasteiger partial charge in [0, 0.05) is 66.6 Å². The number of para-hydroxylation sites is 1. The summed E-state index contributed by atoms with van der Waals surface area (Å²) in [4.78, 5) is 56.9. The van der Waals surface area contributed by atoms with Crippen molar-refractivity contribution < 1.29 is 85.4 Å². The Morgan fingerprint density at radius 3 is 1.29 bits per heavy atom. The zero-order valence-electron chi connectivity index (χ0n) is 62.2.